The van der Waals surface area contributed by atoms with Gasteiger partial charge in [-0.2, -0.15) is 0 Å². The average Bonchev–Trinajstić information content (AvgIpc) is 3.29. The molecule has 0 radical (unpaired) electrons. The first-order valence-corrected chi connectivity index (χ1v) is 7.11. The molecule has 0 saturated heterocycles. The molecule has 3 rings (SSSR count). The maximum Gasteiger partial charge on any atom is 0.326 e. The zero-order valence-electron chi connectivity index (χ0n) is 12.1. The van der Waals surface area contributed by atoms with Crippen LogP contribution < -0.4 is 22.3 Å². The third-order valence-electron chi connectivity index (χ3n) is 3.95. The number of carbonyl (C=O) groups is 1. The van der Waals surface area contributed by atoms with Crippen LogP contribution in [-0.4, -0.2) is 22.4 Å². The van der Waals surface area contributed by atoms with Crippen LogP contribution in [0.25, 0.3) is 0 Å². The van der Waals surface area contributed by atoms with Crippen LogP contribution in [-0.2, 0) is 0 Å². The lowest BCUT2D eigenvalue weighted by Gasteiger charge is -2.06. The van der Waals surface area contributed by atoms with Gasteiger partial charge in [-0.05, 0) is 36.0 Å². The fraction of sp³-hybridized carbons (Fsp3) is 0.267. The second-order valence-corrected chi connectivity index (χ2v) is 5.56. The summed E-state index contributed by atoms with van der Waals surface area (Å²) in [6.07, 6.45) is 0.882. The summed E-state index contributed by atoms with van der Waals surface area (Å²) in [4.78, 5) is 38.8. The predicted molar refractivity (Wildman–Crippen MR) is 81.7 cm³/mol. The van der Waals surface area contributed by atoms with E-state index in [0.717, 1.165) is 12.0 Å². The minimum Gasteiger partial charge on any atom is -0.392 e. The molecule has 7 nitrogen and oxygen atoms in total. The van der Waals surface area contributed by atoms with Gasteiger partial charge in [0.1, 0.15) is 17.2 Å². The lowest BCUT2D eigenvalue weighted by atomic mass is 10.1. The van der Waals surface area contributed by atoms with Crippen LogP contribution in [0.4, 0.5) is 10.1 Å². The number of H-pyrrole nitrogens is 2. The molecule has 2 atom stereocenters. The fourth-order valence-corrected chi connectivity index (χ4v) is 2.58. The molecule has 120 valence electrons. The van der Waals surface area contributed by atoms with Gasteiger partial charge >= 0.3 is 5.69 Å². The van der Waals surface area contributed by atoms with Gasteiger partial charge in [0.25, 0.3) is 11.5 Å². The molecule has 23 heavy (non-hydrogen) atoms. The standard InChI is InChI=1S/C15H15FN4O3/c16-9-3-1-7(2-4-9)10-5-8(10)6-18-14(22)12-11(17)13(21)20-15(23)19-12/h1-4,8,10H,5-6,17H2,(H,18,22)(H2,19,20,21,23)/t8-,10-/m1/s1. The van der Waals surface area contributed by atoms with Crippen molar-refractivity contribution in [3.05, 3.63) is 62.2 Å². The van der Waals surface area contributed by atoms with Gasteiger partial charge in [0, 0.05) is 6.54 Å². The molecule has 1 amide bonds. The Morgan fingerprint density at radius 2 is 1.96 bits per heavy atom. The van der Waals surface area contributed by atoms with Crippen LogP contribution in [0.5, 0.6) is 0 Å². The van der Waals surface area contributed by atoms with Crippen LogP contribution in [0.3, 0.4) is 0 Å². The summed E-state index contributed by atoms with van der Waals surface area (Å²) in [6.45, 7) is 0.384. The average molecular weight is 318 g/mol. The summed E-state index contributed by atoms with van der Waals surface area (Å²) in [6, 6.07) is 6.28. The van der Waals surface area contributed by atoms with Gasteiger partial charge in [0.2, 0.25) is 0 Å². The van der Waals surface area contributed by atoms with Crippen molar-refractivity contribution in [3.63, 3.8) is 0 Å². The molecule has 8 heteroatoms. The number of nitrogen functional groups attached to an aromatic ring is 1. The van der Waals surface area contributed by atoms with Gasteiger partial charge in [-0.15, -0.1) is 0 Å². The van der Waals surface area contributed by atoms with Crippen LogP contribution in [0.15, 0.2) is 33.9 Å². The van der Waals surface area contributed by atoms with Crippen LogP contribution in [0.1, 0.15) is 28.4 Å². The zero-order chi connectivity index (χ0) is 16.6. The molecule has 0 aliphatic heterocycles. The van der Waals surface area contributed by atoms with Crippen molar-refractivity contribution >= 4 is 11.6 Å². The molecular weight excluding hydrogens is 303 g/mol. The molecular formula is C15H15FN4O3. The molecule has 1 aromatic carbocycles. The first-order chi connectivity index (χ1) is 11.0. The SMILES string of the molecule is Nc1c(C(=O)NC[C@H]2C[C@@H]2c2ccc(F)cc2)[nH]c(=O)[nH]c1=O. The molecule has 1 aromatic heterocycles. The molecule has 1 aliphatic carbocycles. The molecule has 0 unspecified atom stereocenters. The van der Waals surface area contributed by atoms with Crippen molar-refractivity contribution in [2.45, 2.75) is 12.3 Å². The summed E-state index contributed by atoms with van der Waals surface area (Å²) in [5.41, 5.74) is 4.37. The van der Waals surface area contributed by atoms with E-state index in [1.165, 1.54) is 12.1 Å². The van der Waals surface area contributed by atoms with Crippen molar-refractivity contribution in [3.8, 4) is 0 Å². The van der Waals surface area contributed by atoms with E-state index in [-0.39, 0.29) is 29.0 Å². The summed E-state index contributed by atoms with van der Waals surface area (Å²) < 4.78 is 12.9. The highest BCUT2D eigenvalue weighted by atomic mass is 19.1. The number of benzene rings is 1. The van der Waals surface area contributed by atoms with Crippen LogP contribution in [0.2, 0.25) is 0 Å². The Morgan fingerprint density at radius 1 is 1.26 bits per heavy atom. The van der Waals surface area contributed by atoms with Crippen molar-refractivity contribution in [1.29, 1.82) is 0 Å². The molecule has 0 spiro atoms. The second kappa shape index (κ2) is 5.71. The lowest BCUT2D eigenvalue weighted by molar-refractivity contribution is 0.0947. The molecule has 0 bridgehead atoms. The summed E-state index contributed by atoms with van der Waals surface area (Å²) in [5, 5.41) is 2.65. The highest BCUT2D eigenvalue weighted by molar-refractivity contribution is 5.96. The molecule has 5 N–H and O–H groups in total. The molecule has 2 aromatic rings. The number of aromatic amines is 2. The Hall–Kier alpha value is -2.90. The van der Waals surface area contributed by atoms with E-state index in [9.17, 15) is 18.8 Å². The Labute approximate surface area is 129 Å². The molecule has 1 fully saturated rings. The Bertz CT molecular complexity index is 856. The van der Waals surface area contributed by atoms with E-state index in [0.29, 0.717) is 6.54 Å². The number of hydrogen-bond donors (Lipinski definition) is 4. The number of rotatable bonds is 4. The van der Waals surface area contributed by atoms with E-state index in [1.54, 1.807) is 12.1 Å². The smallest absolute Gasteiger partial charge is 0.326 e. The minimum absolute atomic E-state index is 0.236. The highest BCUT2D eigenvalue weighted by Gasteiger charge is 2.38. The third kappa shape index (κ3) is 3.15. The maximum absolute atomic E-state index is 12.9. The fourth-order valence-electron chi connectivity index (χ4n) is 2.58. The van der Waals surface area contributed by atoms with Crippen molar-refractivity contribution in [2.75, 3.05) is 12.3 Å². The zero-order valence-corrected chi connectivity index (χ0v) is 12.1. The number of anilines is 1. The van der Waals surface area contributed by atoms with Crippen molar-refractivity contribution in [1.82, 2.24) is 15.3 Å². The summed E-state index contributed by atoms with van der Waals surface area (Å²) in [5.74, 6) is -0.380. The Morgan fingerprint density at radius 3 is 2.65 bits per heavy atom. The van der Waals surface area contributed by atoms with Gasteiger partial charge in [-0.1, -0.05) is 12.1 Å². The van der Waals surface area contributed by atoms with E-state index >= 15 is 0 Å². The van der Waals surface area contributed by atoms with Crippen LogP contribution in [0, 0.1) is 11.7 Å². The number of aromatic nitrogens is 2. The first-order valence-electron chi connectivity index (χ1n) is 7.11. The first kappa shape index (κ1) is 15.0. The van der Waals surface area contributed by atoms with Gasteiger partial charge < -0.3 is 16.0 Å². The van der Waals surface area contributed by atoms with E-state index in [4.69, 9.17) is 5.73 Å². The van der Waals surface area contributed by atoms with Crippen LogP contribution >= 0.6 is 0 Å². The van der Waals surface area contributed by atoms with Gasteiger partial charge in [0.15, 0.2) is 0 Å². The molecule has 1 heterocycles. The number of amides is 1. The van der Waals surface area contributed by atoms with Gasteiger partial charge in [-0.3, -0.25) is 14.6 Å². The summed E-state index contributed by atoms with van der Waals surface area (Å²) in [7, 11) is 0. The number of carbonyl (C=O) groups excluding carboxylic acids is 1. The number of hydrogen-bond acceptors (Lipinski definition) is 4. The number of nitrogens with one attached hydrogen (secondary N) is 3. The largest absolute Gasteiger partial charge is 0.392 e. The normalized spacial score (nSPS) is 19.3. The number of halogens is 1. The van der Waals surface area contributed by atoms with E-state index in [2.05, 4.69) is 10.3 Å². The number of nitrogens with two attached hydrogens (primary N) is 1. The molecule has 1 saturated carbocycles. The lowest BCUT2D eigenvalue weighted by Crippen LogP contribution is -2.34. The van der Waals surface area contributed by atoms with E-state index < -0.39 is 17.2 Å². The van der Waals surface area contributed by atoms with Crippen molar-refractivity contribution in [2.24, 2.45) is 5.92 Å². The minimum atomic E-state index is -0.797. The third-order valence-corrected chi connectivity index (χ3v) is 3.95. The Kier molecular flexibility index (Phi) is 3.73. The highest BCUT2D eigenvalue weighted by Crippen LogP contribution is 2.46. The van der Waals surface area contributed by atoms with E-state index in [1.807, 2.05) is 4.98 Å². The molecule has 1 aliphatic rings. The van der Waals surface area contributed by atoms with Gasteiger partial charge in [-0.25, -0.2) is 9.18 Å². The monoisotopic (exact) mass is 318 g/mol. The Balaban J connectivity index is 1.62. The summed E-state index contributed by atoms with van der Waals surface area (Å²) >= 11 is 0. The quantitative estimate of drug-likeness (QED) is 0.648. The second-order valence-electron chi connectivity index (χ2n) is 5.56. The predicted octanol–water partition coefficient (Wildman–Crippen LogP) is 0.318. The van der Waals surface area contributed by atoms with Crippen molar-refractivity contribution < 1.29 is 9.18 Å². The van der Waals surface area contributed by atoms with Gasteiger partial charge in [0.05, 0.1) is 0 Å². The topological polar surface area (TPSA) is 121 Å². The maximum atomic E-state index is 12.9.